The van der Waals surface area contributed by atoms with Crippen molar-refractivity contribution in [2.24, 2.45) is 5.73 Å². The molecule has 110 valence electrons. The molecule has 0 aliphatic carbocycles. The third kappa shape index (κ3) is 4.61. The summed E-state index contributed by atoms with van der Waals surface area (Å²) in [5.74, 6) is 0. The van der Waals surface area contributed by atoms with Gasteiger partial charge in [-0.1, -0.05) is 6.07 Å². The number of hydrogen-bond acceptors (Lipinski definition) is 5. The Morgan fingerprint density at radius 1 is 1.43 bits per heavy atom. The van der Waals surface area contributed by atoms with Crippen molar-refractivity contribution in [3.05, 3.63) is 50.9 Å². The lowest BCUT2D eigenvalue weighted by Gasteiger charge is -2.29. The maximum absolute atomic E-state index is 8.89. The average molecular weight is 365 g/mol. The number of rotatable bonds is 7. The second-order valence-corrected chi connectivity index (χ2v) is 7.13. The van der Waals surface area contributed by atoms with Crippen molar-refractivity contribution >= 4 is 27.3 Å². The van der Waals surface area contributed by atoms with Crippen molar-refractivity contribution in [3.8, 4) is 6.07 Å². The van der Waals surface area contributed by atoms with Gasteiger partial charge in [0.05, 0.1) is 15.9 Å². The SMILES string of the molecule is N#CCCN(Cc1cccnc1)C(CN)c1ccc(Br)s1. The van der Waals surface area contributed by atoms with Gasteiger partial charge in [-0.2, -0.15) is 5.26 Å². The molecule has 2 rings (SSSR count). The minimum absolute atomic E-state index is 0.120. The predicted octanol–water partition coefficient (Wildman–Crippen LogP) is 3.32. The smallest absolute Gasteiger partial charge is 0.0702 e. The van der Waals surface area contributed by atoms with Crippen LogP contribution >= 0.6 is 27.3 Å². The molecular formula is C15H17BrN4S. The minimum Gasteiger partial charge on any atom is -0.329 e. The Bertz CT molecular complexity index is 593. The molecule has 2 aromatic heterocycles. The lowest BCUT2D eigenvalue weighted by atomic mass is 10.1. The van der Waals surface area contributed by atoms with Gasteiger partial charge in [-0.05, 0) is 39.7 Å². The third-order valence-corrected chi connectivity index (χ3v) is 4.93. The van der Waals surface area contributed by atoms with Gasteiger partial charge < -0.3 is 5.73 Å². The van der Waals surface area contributed by atoms with E-state index in [9.17, 15) is 0 Å². The molecule has 0 aromatic carbocycles. The van der Waals surface area contributed by atoms with Gasteiger partial charge in [-0.25, -0.2) is 0 Å². The number of hydrogen-bond donors (Lipinski definition) is 1. The molecule has 6 heteroatoms. The van der Waals surface area contributed by atoms with E-state index in [0.717, 1.165) is 15.9 Å². The van der Waals surface area contributed by atoms with E-state index in [2.05, 4.69) is 37.9 Å². The van der Waals surface area contributed by atoms with Crippen LogP contribution in [0.25, 0.3) is 0 Å². The average Bonchev–Trinajstić information content (AvgIpc) is 2.92. The van der Waals surface area contributed by atoms with Crippen LogP contribution in [-0.4, -0.2) is 23.0 Å². The second-order valence-electron chi connectivity index (χ2n) is 4.63. The van der Waals surface area contributed by atoms with Crippen LogP contribution in [0, 0.1) is 11.3 Å². The Morgan fingerprint density at radius 2 is 2.29 bits per heavy atom. The normalized spacial score (nSPS) is 12.3. The first-order chi connectivity index (χ1) is 10.2. The first-order valence-electron chi connectivity index (χ1n) is 6.69. The fourth-order valence-corrected chi connectivity index (χ4v) is 3.79. The fourth-order valence-electron chi connectivity index (χ4n) is 2.22. The molecule has 2 heterocycles. The van der Waals surface area contributed by atoms with E-state index >= 15 is 0 Å². The van der Waals surface area contributed by atoms with Gasteiger partial charge in [0.1, 0.15) is 0 Å². The number of nitrogens with zero attached hydrogens (tertiary/aromatic N) is 3. The van der Waals surface area contributed by atoms with E-state index in [0.29, 0.717) is 19.5 Å². The zero-order valence-corrected chi connectivity index (χ0v) is 14.0. The van der Waals surface area contributed by atoms with E-state index < -0.39 is 0 Å². The van der Waals surface area contributed by atoms with Crippen molar-refractivity contribution in [3.63, 3.8) is 0 Å². The summed E-state index contributed by atoms with van der Waals surface area (Å²) in [5.41, 5.74) is 7.12. The van der Waals surface area contributed by atoms with Crippen LogP contribution in [0.15, 0.2) is 40.4 Å². The van der Waals surface area contributed by atoms with Gasteiger partial charge in [0.25, 0.3) is 0 Å². The summed E-state index contributed by atoms with van der Waals surface area (Å²) in [7, 11) is 0. The van der Waals surface area contributed by atoms with Gasteiger partial charge in [-0.3, -0.25) is 9.88 Å². The Morgan fingerprint density at radius 3 is 2.86 bits per heavy atom. The largest absolute Gasteiger partial charge is 0.329 e. The van der Waals surface area contributed by atoms with E-state index in [-0.39, 0.29) is 6.04 Å². The Balaban J connectivity index is 2.19. The van der Waals surface area contributed by atoms with Crippen LogP contribution in [0.2, 0.25) is 0 Å². The van der Waals surface area contributed by atoms with Crippen molar-refractivity contribution in [1.29, 1.82) is 5.26 Å². The first kappa shape index (κ1) is 16.1. The monoisotopic (exact) mass is 364 g/mol. The molecule has 0 saturated heterocycles. The van der Waals surface area contributed by atoms with Crippen LogP contribution in [0.1, 0.15) is 22.9 Å². The molecule has 1 atom stereocenters. The molecule has 0 fully saturated rings. The topological polar surface area (TPSA) is 65.9 Å². The minimum atomic E-state index is 0.120. The summed E-state index contributed by atoms with van der Waals surface area (Å²) in [6, 6.07) is 10.4. The van der Waals surface area contributed by atoms with Crippen LogP contribution < -0.4 is 5.73 Å². The molecule has 4 nitrogen and oxygen atoms in total. The molecule has 1 unspecified atom stereocenters. The van der Waals surface area contributed by atoms with Crippen molar-refractivity contribution in [1.82, 2.24) is 9.88 Å². The highest BCUT2D eigenvalue weighted by atomic mass is 79.9. The molecule has 21 heavy (non-hydrogen) atoms. The van der Waals surface area contributed by atoms with E-state index in [4.69, 9.17) is 11.0 Å². The highest BCUT2D eigenvalue weighted by Gasteiger charge is 2.20. The standard InChI is InChI=1S/C15H17BrN4S/c16-15-5-4-14(21-15)13(9-18)20(8-2-6-17)11-12-3-1-7-19-10-12/h1,3-5,7,10,13H,2,8-9,11,18H2. The lowest BCUT2D eigenvalue weighted by molar-refractivity contribution is 0.199. The van der Waals surface area contributed by atoms with Crippen molar-refractivity contribution in [2.45, 2.75) is 19.0 Å². The zero-order chi connectivity index (χ0) is 15.1. The van der Waals surface area contributed by atoms with Crippen molar-refractivity contribution in [2.75, 3.05) is 13.1 Å². The molecule has 0 saturated carbocycles. The molecule has 0 radical (unpaired) electrons. The molecule has 2 aromatic rings. The molecule has 0 aliphatic heterocycles. The predicted molar refractivity (Wildman–Crippen MR) is 88.7 cm³/mol. The first-order valence-corrected chi connectivity index (χ1v) is 8.30. The summed E-state index contributed by atoms with van der Waals surface area (Å²) in [6.07, 6.45) is 4.11. The van der Waals surface area contributed by atoms with Crippen molar-refractivity contribution < 1.29 is 0 Å². The summed E-state index contributed by atoms with van der Waals surface area (Å²) in [5, 5.41) is 8.89. The maximum atomic E-state index is 8.89. The van der Waals surface area contributed by atoms with E-state index in [1.54, 1.807) is 17.5 Å². The van der Waals surface area contributed by atoms with Crippen LogP contribution in [0.3, 0.4) is 0 Å². The lowest BCUT2D eigenvalue weighted by Crippen LogP contribution is -2.33. The molecular weight excluding hydrogens is 348 g/mol. The Labute approximate surface area is 137 Å². The second kappa shape index (κ2) is 8.25. The number of pyridine rings is 1. The van der Waals surface area contributed by atoms with Gasteiger partial charge in [0.2, 0.25) is 0 Å². The quantitative estimate of drug-likeness (QED) is 0.818. The van der Waals surface area contributed by atoms with E-state index in [1.165, 1.54) is 4.88 Å². The van der Waals surface area contributed by atoms with Gasteiger partial charge in [0, 0.05) is 43.3 Å². The van der Waals surface area contributed by atoms with Crippen LogP contribution in [0.4, 0.5) is 0 Å². The van der Waals surface area contributed by atoms with Gasteiger partial charge in [-0.15, -0.1) is 11.3 Å². The molecule has 0 bridgehead atoms. The number of nitrogens with two attached hydrogens (primary N) is 1. The molecule has 0 spiro atoms. The summed E-state index contributed by atoms with van der Waals surface area (Å²) >= 11 is 5.18. The summed E-state index contributed by atoms with van der Waals surface area (Å²) < 4.78 is 1.09. The third-order valence-electron chi connectivity index (χ3n) is 3.21. The van der Waals surface area contributed by atoms with E-state index in [1.807, 2.05) is 24.4 Å². The summed E-state index contributed by atoms with van der Waals surface area (Å²) in [4.78, 5) is 7.61. The number of nitriles is 1. The highest BCUT2D eigenvalue weighted by molar-refractivity contribution is 9.11. The molecule has 0 amide bonds. The summed E-state index contributed by atoms with van der Waals surface area (Å²) in [6.45, 7) is 1.97. The molecule has 0 aliphatic rings. The molecule has 2 N–H and O–H groups in total. The number of thiophene rings is 1. The van der Waals surface area contributed by atoms with Crippen LogP contribution in [-0.2, 0) is 6.54 Å². The van der Waals surface area contributed by atoms with Crippen LogP contribution in [0.5, 0.6) is 0 Å². The number of aromatic nitrogens is 1. The Kier molecular flexibility index (Phi) is 6.33. The van der Waals surface area contributed by atoms with Gasteiger partial charge in [0.15, 0.2) is 0 Å². The van der Waals surface area contributed by atoms with Gasteiger partial charge >= 0.3 is 0 Å². The number of halogens is 1. The fraction of sp³-hybridized carbons (Fsp3) is 0.333. The Hall–Kier alpha value is -1.26. The highest BCUT2D eigenvalue weighted by Crippen LogP contribution is 2.31. The zero-order valence-electron chi connectivity index (χ0n) is 11.6. The maximum Gasteiger partial charge on any atom is 0.0702 e.